The van der Waals surface area contributed by atoms with Crippen LogP contribution in [0.25, 0.3) is 0 Å². The number of carboxylic acid groups (broad SMARTS) is 1. The molecule has 4 unspecified atom stereocenters. The van der Waals surface area contributed by atoms with Crippen molar-refractivity contribution in [2.75, 3.05) is 0 Å². The van der Waals surface area contributed by atoms with Crippen LogP contribution in [0.5, 0.6) is 0 Å². The van der Waals surface area contributed by atoms with E-state index < -0.39 is 11.4 Å². The van der Waals surface area contributed by atoms with Gasteiger partial charge in [0.2, 0.25) is 5.91 Å². The summed E-state index contributed by atoms with van der Waals surface area (Å²) < 4.78 is 0. The number of carbonyl (C=O) groups excluding carboxylic acids is 1. The monoisotopic (exact) mass is 544 g/mol. The van der Waals surface area contributed by atoms with Gasteiger partial charge in [-0.15, -0.1) is 0 Å². The molecule has 3 aromatic rings. The first kappa shape index (κ1) is 26.5. The van der Waals surface area contributed by atoms with Gasteiger partial charge in [0.1, 0.15) is 5.15 Å². The van der Waals surface area contributed by atoms with Crippen LogP contribution >= 0.6 is 34.8 Å². The molecule has 1 aromatic heterocycles. The third-order valence-electron chi connectivity index (χ3n) is 6.97. The number of nitrogens with one attached hydrogen (secondary N) is 1. The maximum atomic E-state index is 13.1. The topological polar surface area (TPSA) is 79.3 Å². The number of nitrogens with zero attached hydrogens (tertiary/aromatic N) is 1. The van der Waals surface area contributed by atoms with Crippen LogP contribution in [0.15, 0.2) is 66.7 Å². The van der Waals surface area contributed by atoms with E-state index in [-0.39, 0.29) is 30.2 Å². The van der Waals surface area contributed by atoms with Gasteiger partial charge in [-0.25, -0.2) is 4.98 Å². The van der Waals surface area contributed by atoms with E-state index in [0.29, 0.717) is 34.5 Å². The highest BCUT2D eigenvalue weighted by molar-refractivity contribution is 6.31. The third kappa shape index (κ3) is 6.20. The quantitative estimate of drug-likeness (QED) is 0.296. The lowest BCUT2D eigenvalue weighted by Gasteiger charge is -2.42. The largest absolute Gasteiger partial charge is 0.481 e. The Hall–Kier alpha value is -2.60. The van der Waals surface area contributed by atoms with Gasteiger partial charge in [0.05, 0.1) is 11.8 Å². The molecule has 2 heterocycles. The molecule has 1 aliphatic rings. The van der Waals surface area contributed by atoms with Crippen molar-refractivity contribution >= 4 is 46.7 Å². The molecule has 1 fully saturated rings. The molecule has 1 amide bonds. The molecule has 188 valence electrons. The van der Waals surface area contributed by atoms with E-state index >= 15 is 0 Å². The van der Waals surface area contributed by atoms with Crippen molar-refractivity contribution in [1.82, 2.24) is 10.3 Å². The number of aromatic nitrogens is 1. The van der Waals surface area contributed by atoms with Crippen molar-refractivity contribution in [3.8, 4) is 0 Å². The van der Waals surface area contributed by atoms with E-state index in [2.05, 4.69) is 10.3 Å². The van der Waals surface area contributed by atoms with E-state index in [1.54, 1.807) is 19.1 Å². The van der Waals surface area contributed by atoms with E-state index in [9.17, 15) is 14.7 Å². The highest BCUT2D eigenvalue weighted by atomic mass is 35.5. The smallest absolute Gasteiger partial charge is 0.304 e. The van der Waals surface area contributed by atoms with Crippen LogP contribution in [0.3, 0.4) is 0 Å². The molecule has 1 saturated heterocycles. The second-order valence-corrected chi connectivity index (χ2v) is 10.9. The molecular formula is C28H27Cl3N2O3. The highest BCUT2D eigenvalue weighted by Gasteiger charge is 2.45. The average Bonchev–Trinajstić information content (AvgIpc) is 2.82. The molecule has 0 spiro atoms. The number of carbonyl (C=O) groups is 2. The lowest BCUT2D eigenvalue weighted by Crippen LogP contribution is -2.54. The molecular weight excluding hydrogens is 519 g/mol. The number of hydrogen-bond donors (Lipinski definition) is 2. The summed E-state index contributed by atoms with van der Waals surface area (Å²) in [6.45, 7) is 1.72. The molecule has 1 aliphatic heterocycles. The van der Waals surface area contributed by atoms with Crippen molar-refractivity contribution in [2.24, 2.45) is 5.41 Å². The van der Waals surface area contributed by atoms with Gasteiger partial charge in [-0.05, 0) is 66.8 Å². The number of benzene rings is 2. The van der Waals surface area contributed by atoms with Crippen LogP contribution < -0.4 is 5.32 Å². The number of carboxylic acids is 1. The SMILES string of the molecule is CC1(CC(=O)O)CC(c2cccc(Cl)c2)C(CCC(c2ccc(Cl)cc2)c2cccc(Cl)n2)NC1=O. The molecule has 36 heavy (non-hydrogen) atoms. The minimum atomic E-state index is -1.01. The number of halogens is 3. The predicted octanol–water partition coefficient (Wildman–Crippen LogP) is 7.11. The summed E-state index contributed by atoms with van der Waals surface area (Å²) >= 11 is 18.6. The third-order valence-corrected chi connectivity index (χ3v) is 7.67. The molecule has 0 bridgehead atoms. The standard InChI is InChI=1S/C28H27Cl3N2O3/c1-28(16-26(34)35)15-22(18-4-2-5-20(30)14-18)24(33-27(28)36)13-12-21(17-8-10-19(29)11-9-17)23-6-3-7-25(31)32-23/h2-11,14,21-22,24H,12-13,15-16H2,1H3,(H,33,36)(H,34,35). The Morgan fingerprint density at radius 3 is 2.47 bits per heavy atom. The summed E-state index contributed by atoms with van der Waals surface area (Å²) in [5.74, 6) is -1.39. The molecule has 4 rings (SSSR count). The summed E-state index contributed by atoms with van der Waals surface area (Å²) in [5, 5.41) is 14.3. The molecule has 8 heteroatoms. The summed E-state index contributed by atoms with van der Waals surface area (Å²) in [4.78, 5) is 29.2. The Morgan fingerprint density at radius 1 is 1.08 bits per heavy atom. The van der Waals surface area contributed by atoms with Crippen molar-refractivity contribution in [3.05, 3.63) is 98.7 Å². The zero-order valence-corrected chi connectivity index (χ0v) is 22.0. The fraction of sp³-hybridized carbons (Fsp3) is 0.321. The van der Waals surface area contributed by atoms with Crippen LogP contribution in [-0.4, -0.2) is 28.0 Å². The fourth-order valence-electron chi connectivity index (χ4n) is 5.16. The summed E-state index contributed by atoms with van der Waals surface area (Å²) in [5.41, 5.74) is 1.85. The Labute approximate surface area is 225 Å². The van der Waals surface area contributed by atoms with Crippen LogP contribution in [0.1, 0.15) is 61.3 Å². The van der Waals surface area contributed by atoms with Gasteiger partial charge in [0.15, 0.2) is 0 Å². The minimum absolute atomic E-state index is 0.0646. The number of rotatable bonds is 8. The Kier molecular flexibility index (Phi) is 8.23. The number of amides is 1. The highest BCUT2D eigenvalue weighted by Crippen LogP contribution is 2.43. The van der Waals surface area contributed by atoms with Crippen LogP contribution in [0, 0.1) is 5.41 Å². The summed E-state index contributed by atoms with van der Waals surface area (Å²) in [6.07, 6.45) is 1.51. The second kappa shape index (κ2) is 11.2. The first-order valence-corrected chi connectivity index (χ1v) is 12.9. The second-order valence-electron chi connectivity index (χ2n) is 9.64. The van der Waals surface area contributed by atoms with E-state index in [0.717, 1.165) is 16.8 Å². The first-order valence-electron chi connectivity index (χ1n) is 11.8. The molecule has 0 radical (unpaired) electrons. The number of piperidine rings is 1. The fourth-order valence-corrected chi connectivity index (χ4v) is 5.65. The number of aliphatic carboxylic acids is 1. The van der Waals surface area contributed by atoms with Crippen molar-refractivity contribution in [3.63, 3.8) is 0 Å². The van der Waals surface area contributed by atoms with Crippen molar-refractivity contribution in [1.29, 1.82) is 0 Å². The Morgan fingerprint density at radius 2 is 1.81 bits per heavy atom. The van der Waals surface area contributed by atoms with Gasteiger partial charge in [0, 0.05) is 33.6 Å². The zero-order chi connectivity index (χ0) is 25.9. The molecule has 2 aromatic carbocycles. The van der Waals surface area contributed by atoms with Crippen molar-refractivity contribution < 1.29 is 14.7 Å². The minimum Gasteiger partial charge on any atom is -0.481 e. The molecule has 0 aliphatic carbocycles. The molecule has 2 N–H and O–H groups in total. The molecule has 5 nitrogen and oxygen atoms in total. The number of hydrogen-bond acceptors (Lipinski definition) is 3. The van der Waals surface area contributed by atoms with Gasteiger partial charge >= 0.3 is 5.97 Å². The van der Waals surface area contributed by atoms with Crippen LogP contribution in [0.4, 0.5) is 0 Å². The average molecular weight is 546 g/mol. The zero-order valence-electron chi connectivity index (χ0n) is 19.8. The normalized spacial score (nSPS) is 22.6. The lowest BCUT2D eigenvalue weighted by molar-refractivity contribution is -0.147. The maximum Gasteiger partial charge on any atom is 0.304 e. The van der Waals surface area contributed by atoms with Gasteiger partial charge in [-0.3, -0.25) is 9.59 Å². The predicted molar refractivity (Wildman–Crippen MR) is 143 cm³/mol. The maximum absolute atomic E-state index is 13.1. The Balaban J connectivity index is 1.65. The summed E-state index contributed by atoms with van der Waals surface area (Å²) in [6, 6.07) is 20.6. The Bertz CT molecular complexity index is 1250. The lowest BCUT2D eigenvalue weighted by atomic mass is 9.68. The van der Waals surface area contributed by atoms with Crippen molar-refractivity contribution in [2.45, 2.75) is 50.5 Å². The molecule has 4 atom stereocenters. The van der Waals surface area contributed by atoms with Gasteiger partial charge in [-0.1, -0.05) is 72.1 Å². The first-order chi connectivity index (χ1) is 17.1. The van der Waals surface area contributed by atoms with E-state index in [1.165, 1.54) is 0 Å². The number of pyridine rings is 1. The van der Waals surface area contributed by atoms with Gasteiger partial charge in [-0.2, -0.15) is 0 Å². The molecule has 0 saturated carbocycles. The van der Waals surface area contributed by atoms with Gasteiger partial charge < -0.3 is 10.4 Å². The van der Waals surface area contributed by atoms with Crippen LogP contribution in [-0.2, 0) is 9.59 Å². The van der Waals surface area contributed by atoms with E-state index in [4.69, 9.17) is 34.8 Å². The summed E-state index contributed by atoms with van der Waals surface area (Å²) in [7, 11) is 0. The van der Waals surface area contributed by atoms with E-state index in [1.807, 2.05) is 54.6 Å². The van der Waals surface area contributed by atoms with Crippen LogP contribution in [0.2, 0.25) is 15.2 Å². The van der Waals surface area contributed by atoms with Gasteiger partial charge in [0.25, 0.3) is 0 Å².